The van der Waals surface area contributed by atoms with Gasteiger partial charge in [0.15, 0.2) is 0 Å². The lowest BCUT2D eigenvalue weighted by Crippen LogP contribution is -2.41. The molecule has 0 aromatic carbocycles. The molecular formula is C11H20N4OS. The summed E-state index contributed by atoms with van der Waals surface area (Å²) >= 11 is 1.27. The second kappa shape index (κ2) is 5.44. The van der Waals surface area contributed by atoms with E-state index < -0.39 is 0 Å². The summed E-state index contributed by atoms with van der Waals surface area (Å²) in [6.07, 6.45) is 0. The molecular weight excluding hydrogens is 236 g/mol. The summed E-state index contributed by atoms with van der Waals surface area (Å²) in [7, 11) is 0. The highest BCUT2D eigenvalue weighted by molar-refractivity contribution is 7.17. The Morgan fingerprint density at radius 2 is 2.06 bits per heavy atom. The van der Waals surface area contributed by atoms with Gasteiger partial charge in [-0.15, -0.1) is 10.2 Å². The van der Waals surface area contributed by atoms with E-state index in [2.05, 4.69) is 41.6 Å². The van der Waals surface area contributed by atoms with E-state index in [0.29, 0.717) is 10.1 Å². The van der Waals surface area contributed by atoms with Crippen LogP contribution in [0.3, 0.4) is 0 Å². The van der Waals surface area contributed by atoms with E-state index in [-0.39, 0.29) is 17.4 Å². The number of carbonyl (C=O) groups is 1. The standard InChI is InChI=1S/C11H20N4OS/c1-6-12-10-15-14-9(17-10)8(16)13-7(2)11(3,4)5/h7H,6H2,1-5H3,(H,12,15)(H,13,16). The van der Waals surface area contributed by atoms with Crippen LogP contribution in [-0.2, 0) is 0 Å². The Hall–Kier alpha value is -1.17. The van der Waals surface area contributed by atoms with Gasteiger partial charge < -0.3 is 10.6 Å². The molecule has 0 aliphatic carbocycles. The molecule has 5 nitrogen and oxygen atoms in total. The minimum absolute atomic E-state index is 0.0326. The number of hydrogen-bond acceptors (Lipinski definition) is 5. The minimum atomic E-state index is -0.158. The molecule has 96 valence electrons. The van der Waals surface area contributed by atoms with Crippen molar-refractivity contribution in [1.82, 2.24) is 15.5 Å². The zero-order valence-corrected chi connectivity index (χ0v) is 11.8. The quantitative estimate of drug-likeness (QED) is 0.866. The highest BCUT2D eigenvalue weighted by Gasteiger charge is 2.23. The van der Waals surface area contributed by atoms with Gasteiger partial charge in [0.05, 0.1) is 0 Å². The molecule has 0 aliphatic heterocycles. The van der Waals surface area contributed by atoms with Crippen LogP contribution in [0.2, 0.25) is 0 Å². The van der Waals surface area contributed by atoms with Gasteiger partial charge in [-0.05, 0) is 19.3 Å². The monoisotopic (exact) mass is 256 g/mol. The maximum atomic E-state index is 11.9. The second-order valence-corrected chi connectivity index (χ2v) is 5.98. The van der Waals surface area contributed by atoms with E-state index in [9.17, 15) is 4.79 Å². The average Bonchev–Trinajstić information content (AvgIpc) is 2.65. The number of amides is 1. The number of anilines is 1. The van der Waals surface area contributed by atoms with Crippen LogP contribution in [-0.4, -0.2) is 28.7 Å². The van der Waals surface area contributed by atoms with Crippen LogP contribution >= 0.6 is 11.3 Å². The van der Waals surface area contributed by atoms with Gasteiger partial charge in [0.25, 0.3) is 5.91 Å². The lowest BCUT2D eigenvalue weighted by atomic mass is 9.88. The van der Waals surface area contributed by atoms with Crippen molar-refractivity contribution in [2.75, 3.05) is 11.9 Å². The zero-order valence-electron chi connectivity index (χ0n) is 11.0. The lowest BCUT2D eigenvalue weighted by Gasteiger charge is -2.27. The third kappa shape index (κ3) is 3.96. The number of aromatic nitrogens is 2. The molecule has 0 bridgehead atoms. The third-order valence-electron chi connectivity index (χ3n) is 2.59. The molecule has 1 aromatic heterocycles. The Balaban J connectivity index is 2.63. The van der Waals surface area contributed by atoms with Crippen molar-refractivity contribution in [3.8, 4) is 0 Å². The molecule has 0 saturated carbocycles. The first-order chi connectivity index (χ1) is 7.84. The summed E-state index contributed by atoms with van der Waals surface area (Å²) < 4.78 is 0. The molecule has 0 spiro atoms. The third-order valence-corrected chi connectivity index (χ3v) is 3.47. The molecule has 17 heavy (non-hydrogen) atoms. The fraction of sp³-hybridized carbons (Fsp3) is 0.727. The van der Waals surface area contributed by atoms with E-state index in [4.69, 9.17) is 0 Å². The Labute approximate surface area is 106 Å². The van der Waals surface area contributed by atoms with Crippen LogP contribution in [0.4, 0.5) is 5.13 Å². The van der Waals surface area contributed by atoms with Gasteiger partial charge in [0.2, 0.25) is 10.1 Å². The van der Waals surface area contributed by atoms with Crippen molar-refractivity contribution in [3.63, 3.8) is 0 Å². The molecule has 1 unspecified atom stereocenters. The molecule has 1 heterocycles. The molecule has 0 aliphatic rings. The molecule has 1 rings (SSSR count). The smallest absolute Gasteiger partial charge is 0.282 e. The zero-order chi connectivity index (χ0) is 13.1. The van der Waals surface area contributed by atoms with Crippen molar-refractivity contribution in [2.45, 2.75) is 40.7 Å². The van der Waals surface area contributed by atoms with Gasteiger partial charge in [-0.3, -0.25) is 4.79 Å². The van der Waals surface area contributed by atoms with Crippen molar-refractivity contribution in [3.05, 3.63) is 5.01 Å². The van der Waals surface area contributed by atoms with Crippen LogP contribution in [0, 0.1) is 5.41 Å². The van der Waals surface area contributed by atoms with Gasteiger partial charge >= 0.3 is 0 Å². The maximum Gasteiger partial charge on any atom is 0.282 e. The van der Waals surface area contributed by atoms with E-state index >= 15 is 0 Å². The number of carbonyl (C=O) groups excluding carboxylic acids is 1. The van der Waals surface area contributed by atoms with Gasteiger partial charge in [-0.1, -0.05) is 32.1 Å². The number of nitrogens with one attached hydrogen (secondary N) is 2. The first kappa shape index (κ1) is 13.9. The molecule has 2 N–H and O–H groups in total. The second-order valence-electron chi connectivity index (χ2n) is 5.00. The summed E-state index contributed by atoms with van der Waals surface area (Å²) in [6, 6.07) is 0.0847. The average molecular weight is 256 g/mol. The van der Waals surface area contributed by atoms with Crippen molar-refractivity contribution in [1.29, 1.82) is 0 Å². The van der Waals surface area contributed by atoms with E-state index in [1.54, 1.807) is 0 Å². The van der Waals surface area contributed by atoms with Crippen LogP contribution in [0.5, 0.6) is 0 Å². The van der Waals surface area contributed by atoms with Crippen LogP contribution < -0.4 is 10.6 Å². The predicted molar refractivity (Wildman–Crippen MR) is 70.5 cm³/mol. The van der Waals surface area contributed by atoms with Crippen molar-refractivity contribution < 1.29 is 4.79 Å². The fourth-order valence-electron chi connectivity index (χ4n) is 1.01. The maximum absolute atomic E-state index is 11.9. The highest BCUT2D eigenvalue weighted by Crippen LogP contribution is 2.20. The number of rotatable bonds is 4. The summed E-state index contributed by atoms with van der Waals surface area (Å²) in [5.74, 6) is -0.158. The number of hydrogen-bond donors (Lipinski definition) is 2. The number of nitrogens with zero attached hydrogens (tertiary/aromatic N) is 2. The lowest BCUT2D eigenvalue weighted by molar-refractivity contribution is 0.0909. The van der Waals surface area contributed by atoms with Gasteiger partial charge in [-0.2, -0.15) is 0 Å². The molecule has 6 heteroatoms. The summed E-state index contributed by atoms with van der Waals surface area (Å²) in [5.41, 5.74) is 0.0326. The summed E-state index contributed by atoms with van der Waals surface area (Å²) in [4.78, 5) is 11.9. The molecule has 0 radical (unpaired) electrons. The molecule has 1 atom stereocenters. The predicted octanol–water partition coefficient (Wildman–Crippen LogP) is 2.13. The summed E-state index contributed by atoms with van der Waals surface area (Å²) in [5, 5.41) is 14.8. The van der Waals surface area contributed by atoms with Gasteiger partial charge in [-0.25, -0.2) is 0 Å². The van der Waals surface area contributed by atoms with Crippen molar-refractivity contribution in [2.24, 2.45) is 5.41 Å². The first-order valence-electron chi connectivity index (χ1n) is 5.72. The van der Waals surface area contributed by atoms with Gasteiger partial charge in [0.1, 0.15) is 0 Å². The molecule has 1 amide bonds. The Morgan fingerprint density at radius 3 is 2.59 bits per heavy atom. The minimum Gasteiger partial charge on any atom is -0.360 e. The van der Waals surface area contributed by atoms with Gasteiger partial charge in [0, 0.05) is 12.6 Å². The fourth-order valence-corrected chi connectivity index (χ4v) is 1.73. The Bertz CT molecular complexity index is 383. The van der Waals surface area contributed by atoms with E-state index in [1.165, 1.54) is 11.3 Å². The summed E-state index contributed by atoms with van der Waals surface area (Å²) in [6.45, 7) is 11.0. The largest absolute Gasteiger partial charge is 0.360 e. The normalized spacial score (nSPS) is 13.2. The first-order valence-corrected chi connectivity index (χ1v) is 6.54. The van der Waals surface area contributed by atoms with Crippen LogP contribution in [0.25, 0.3) is 0 Å². The Morgan fingerprint density at radius 1 is 1.41 bits per heavy atom. The topological polar surface area (TPSA) is 66.9 Å². The van der Waals surface area contributed by atoms with E-state index in [0.717, 1.165) is 6.54 Å². The van der Waals surface area contributed by atoms with E-state index in [1.807, 2.05) is 13.8 Å². The highest BCUT2D eigenvalue weighted by atomic mass is 32.1. The molecule has 0 saturated heterocycles. The Kier molecular flexibility index (Phi) is 4.45. The van der Waals surface area contributed by atoms with Crippen LogP contribution in [0.1, 0.15) is 44.4 Å². The van der Waals surface area contributed by atoms with Crippen molar-refractivity contribution >= 4 is 22.4 Å². The SMILES string of the molecule is CCNc1nnc(C(=O)NC(C)C(C)(C)C)s1. The molecule has 1 aromatic rings. The molecule has 0 fully saturated rings. The van der Waals surface area contributed by atoms with Crippen LogP contribution in [0.15, 0.2) is 0 Å².